The van der Waals surface area contributed by atoms with Gasteiger partial charge in [0.25, 0.3) is 0 Å². The lowest BCUT2D eigenvalue weighted by Crippen LogP contribution is -1.93. The van der Waals surface area contributed by atoms with Crippen LogP contribution in [0.2, 0.25) is 0 Å². The summed E-state index contributed by atoms with van der Waals surface area (Å²) in [5.41, 5.74) is 1.62. The molecule has 0 atom stereocenters. The molecule has 66 valence electrons. The summed E-state index contributed by atoms with van der Waals surface area (Å²) in [5.74, 6) is 0.472. The minimum absolute atomic E-state index is 0.247. The van der Waals surface area contributed by atoms with Gasteiger partial charge in [-0.3, -0.25) is 0 Å². The average Bonchev–Trinajstić information content (AvgIpc) is 2.06. The van der Waals surface area contributed by atoms with Crippen LogP contribution in [-0.2, 0) is 0 Å². The highest BCUT2D eigenvalue weighted by Crippen LogP contribution is 2.16. The van der Waals surface area contributed by atoms with Gasteiger partial charge < -0.3 is 0 Å². The molecule has 13 heavy (non-hydrogen) atoms. The molecule has 1 heterocycles. The van der Waals surface area contributed by atoms with Crippen LogP contribution in [0.3, 0.4) is 0 Å². The second-order valence-corrected chi connectivity index (χ2v) is 3.02. The van der Waals surface area contributed by atoms with Crippen LogP contribution in [-0.4, -0.2) is 9.97 Å². The maximum Gasteiger partial charge on any atom is 0.126 e. The van der Waals surface area contributed by atoms with Gasteiger partial charge in [-0.15, -0.1) is 0 Å². The summed E-state index contributed by atoms with van der Waals surface area (Å²) in [6.07, 6.45) is 0. The van der Waals surface area contributed by atoms with Crippen molar-refractivity contribution in [2.45, 2.75) is 13.8 Å². The van der Waals surface area contributed by atoms with E-state index in [1.165, 1.54) is 12.1 Å². The predicted octanol–water partition coefficient (Wildman–Crippen LogP) is 2.39. The van der Waals surface area contributed by atoms with Crippen LogP contribution >= 0.6 is 0 Å². The van der Waals surface area contributed by atoms with E-state index in [4.69, 9.17) is 0 Å². The maximum absolute atomic E-state index is 12.9. The average molecular weight is 176 g/mol. The van der Waals surface area contributed by atoms with Gasteiger partial charge in [-0.05, 0) is 32.0 Å². The highest BCUT2D eigenvalue weighted by Gasteiger charge is 2.02. The summed E-state index contributed by atoms with van der Waals surface area (Å²) in [7, 11) is 0. The van der Waals surface area contributed by atoms with E-state index in [0.717, 1.165) is 22.4 Å². The minimum Gasteiger partial charge on any atom is -0.238 e. The van der Waals surface area contributed by atoms with Gasteiger partial charge in [-0.2, -0.15) is 0 Å². The molecule has 0 spiro atoms. The summed E-state index contributed by atoms with van der Waals surface area (Å²) >= 11 is 0. The largest absolute Gasteiger partial charge is 0.238 e. The molecule has 1 aromatic heterocycles. The van der Waals surface area contributed by atoms with Crippen LogP contribution in [0.5, 0.6) is 0 Å². The topological polar surface area (TPSA) is 25.8 Å². The SMILES string of the molecule is Cc1nc(C)c2cc(F)ccc2n1. The molecule has 0 amide bonds. The van der Waals surface area contributed by atoms with E-state index in [1.54, 1.807) is 6.07 Å². The Bertz CT molecular complexity index is 466. The van der Waals surface area contributed by atoms with E-state index in [1.807, 2.05) is 13.8 Å². The lowest BCUT2D eigenvalue weighted by Gasteiger charge is -2.01. The zero-order chi connectivity index (χ0) is 9.42. The summed E-state index contributed by atoms with van der Waals surface area (Å²) in [4.78, 5) is 8.36. The van der Waals surface area contributed by atoms with Crippen molar-refractivity contribution < 1.29 is 4.39 Å². The van der Waals surface area contributed by atoms with E-state index < -0.39 is 0 Å². The quantitative estimate of drug-likeness (QED) is 0.616. The Morgan fingerprint density at radius 1 is 1.15 bits per heavy atom. The summed E-state index contributed by atoms with van der Waals surface area (Å²) in [5, 5.41) is 0.783. The Balaban J connectivity index is 2.87. The predicted molar refractivity (Wildman–Crippen MR) is 49.0 cm³/mol. The Hall–Kier alpha value is -1.51. The number of hydrogen-bond donors (Lipinski definition) is 0. The summed E-state index contributed by atoms with van der Waals surface area (Å²) < 4.78 is 12.9. The molecule has 0 saturated heterocycles. The number of halogens is 1. The van der Waals surface area contributed by atoms with Gasteiger partial charge in [0.1, 0.15) is 11.6 Å². The number of hydrogen-bond acceptors (Lipinski definition) is 2. The normalized spacial score (nSPS) is 10.7. The smallest absolute Gasteiger partial charge is 0.126 e. The van der Waals surface area contributed by atoms with E-state index >= 15 is 0 Å². The van der Waals surface area contributed by atoms with Crippen molar-refractivity contribution in [3.05, 3.63) is 35.5 Å². The molecule has 0 fully saturated rings. The first-order valence-corrected chi connectivity index (χ1v) is 4.07. The number of nitrogens with zero attached hydrogens (tertiary/aromatic N) is 2. The zero-order valence-electron chi connectivity index (χ0n) is 7.50. The third-order valence-electron chi connectivity index (χ3n) is 1.96. The Morgan fingerprint density at radius 3 is 2.69 bits per heavy atom. The fourth-order valence-electron chi connectivity index (χ4n) is 1.40. The van der Waals surface area contributed by atoms with E-state index in [9.17, 15) is 4.39 Å². The van der Waals surface area contributed by atoms with Crippen LogP contribution in [0.4, 0.5) is 4.39 Å². The molecule has 0 aliphatic rings. The molecule has 2 rings (SSSR count). The number of benzene rings is 1. The highest BCUT2D eigenvalue weighted by atomic mass is 19.1. The van der Waals surface area contributed by atoms with Gasteiger partial charge in [-0.1, -0.05) is 0 Å². The number of aromatic nitrogens is 2. The Labute approximate surface area is 75.4 Å². The molecule has 0 aliphatic carbocycles. The van der Waals surface area contributed by atoms with Gasteiger partial charge in [0.05, 0.1) is 5.52 Å². The fraction of sp³-hybridized carbons (Fsp3) is 0.200. The molecule has 1 aromatic carbocycles. The van der Waals surface area contributed by atoms with Gasteiger partial charge in [0.15, 0.2) is 0 Å². The lowest BCUT2D eigenvalue weighted by molar-refractivity contribution is 0.629. The molecule has 0 N–H and O–H groups in total. The first-order chi connectivity index (χ1) is 6.16. The number of fused-ring (bicyclic) bond motifs is 1. The third kappa shape index (κ3) is 1.37. The van der Waals surface area contributed by atoms with Crippen LogP contribution < -0.4 is 0 Å². The van der Waals surface area contributed by atoms with Crippen LogP contribution in [0.15, 0.2) is 18.2 Å². The van der Waals surface area contributed by atoms with E-state index in [-0.39, 0.29) is 5.82 Å². The third-order valence-corrected chi connectivity index (χ3v) is 1.96. The van der Waals surface area contributed by atoms with Crippen molar-refractivity contribution in [1.29, 1.82) is 0 Å². The monoisotopic (exact) mass is 176 g/mol. The van der Waals surface area contributed by atoms with Crippen LogP contribution in [0.1, 0.15) is 11.5 Å². The van der Waals surface area contributed by atoms with Gasteiger partial charge in [0, 0.05) is 11.1 Å². The lowest BCUT2D eigenvalue weighted by atomic mass is 10.2. The molecular formula is C10H9FN2. The number of rotatable bonds is 0. The highest BCUT2D eigenvalue weighted by molar-refractivity contribution is 5.80. The van der Waals surface area contributed by atoms with Crippen LogP contribution in [0, 0.1) is 19.7 Å². The molecule has 0 radical (unpaired) electrons. The molecular weight excluding hydrogens is 167 g/mol. The Kier molecular flexibility index (Phi) is 1.72. The second kappa shape index (κ2) is 2.76. The Morgan fingerprint density at radius 2 is 1.92 bits per heavy atom. The van der Waals surface area contributed by atoms with Crippen molar-refractivity contribution in [3.63, 3.8) is 0 Å². The van der Waals surface area contributed by atoms with Crippen molar-refractivity contribution in [3.8, 4) is 0 Å². The second-order valence-electron chi connectivity index (χ2n) is 3.02. The molecule has 0 unspecified atom stereocenters. The van der Waals surface area contributed by atoms with Gasteiger partial charge in [-0.25, -0.2) is 14.4 Å². The molecule has 2 aromatic rings. The van der Waals surface area contributed by atoms with Crippen LogP contribution in [0.25, 0.3) is 10.9 Å². The van der Waals surface area contributed by atoms with Crippen molar-refractivity contribution in [2.75, 3.05) is 0 Å². The summed E-state index contributed by atoms with van der Waals surface area (Å²) in [6.45, 7) is 3.69. The van der Waals surface area contributed by atoms with Gasteiger partial charge >= 0.3 is 0 Å². The van der Waals surface area contributed by atoms with Crippen molar-refractivity contribution in [1.82, 2.24) is 9.97 Å². The summed E-state index contributed by atoms with van der Waals surface area (Å²) in [6, 6.07) is 4.55. The molecule has 2 nitrogen and oxygen atoms in total. The van der Waals surface area contributed by atoms with E-state index in [0.29, 0.717) is 0 Å². The van der Waals surface area contributed by atoms with Crippen molar-refractivity contribution in [2.24, 2.45) is 0 Å². The van der Waals surface area contributed by atoms with Crippen molar-refractivity contribution >= 4 is 10.9 Å². The minimum atomic E-state index is -0.247. The molecule has 0 aliphatic heterocycles. The molecule has 3 heteroatoms. The number of aryl methyl sites for hydroxylation is 2. The maximum atomic E-state index is 12.9. The zero-order valence-corrected chi connectivity index (χ0v) is 7.50. The standard InChI is InChI=1S/C10H9FN2/c1-6-9-5-8(11)3-4-10(9)13-7(2)12-6/h3-5H,1-2H3. The van der Waals surface area contributed by atoms with E-state index in [2.05, 4.69) is 9.97 Å². The molecule has 0 bridgehead atoms. The first-order valence-electron chi connectivity index (χ1n) is 4.07. The fourth-order valence-corrected chi connectivity index (χ4v) is 1.40. The molecule has 0 saturated carbocycles. The first kappa shape index (κ1) is 8.10. The van der Waals surface area contributed by atoms with Gasteiger partial charge in [0.2, 0.25) is 0 Å².